The minimum Gasteiger partial charge on any atom is -0.339 e. The molecule has 138 valence electrons. The fourth-order valence-corrected chi connectivity index (χ4v) is 4.59. The predicted molar refractivity (Wildman–Crippen MR) is 102 cm³/mol. The summed E-state index contributed by atoms with van der Waals surface area (Å²) in [4.78, 5) is 29.5. The topological polar surface area (TPSA) is 40.6 Å². The third-order valence-corrected chi connectivity index (χ3v) is 6.04. The summed E-state index contributed by atoms with van der Waals surface area (Å²) >= 11 is 0. The van der Waals surface area contributed by atoms with E-state index in [1.165, 1.54) is 31.4 Å². The number of rotatable bonds is 2. The maximum absolute atomic E-state index is 13.0. The van der Waals surface area contributed by atoms with Crippen molar-refractivity contribution in [1.82, 2.24) is 9.80 Å². The first-order chi connectivity index (χ1) is 12.7. The van der Waals surface area contributed by atoms with Gasteiger partial charge in [0.2, 0.25) is 0 Å². The smallest absolute Gasteiger partial charge is 0.258 e. The first kappa shape index (κ1) is 17.3. The van der Waals surface area contributed by atoms with Crippen molar-refractivity contribution in [3.8, 4) is 0 Å². The van der Waals surface area contributed by atoms with Gasteiger partial charge in [-0.05, 0) is 81.5 Å². The molecular weight excluding hydrogens is 324 g/mol. The molecule has 1 aromatic rings. The molecule has 3 aliphatic rings. The lowest BCUT2D eigenvalue weighted by molar-refractivity contribution is 0.0719. The highest BCUT2D eigenvalue weighted by Crippen LogP contribution is 2.35. The van der Waals surface area contributed by atoms with Crippen molar-refractivity contribution in [2.75, 3.05) is 19.6 Å². The number of hydrogen-bond donors (Lipinski definition) is 0. The molecule has 2 amide bonds. The van der Waals surface area contributed by atoms with E-state index >= 15 is 0 Å². The average molecular weight is 352 g/mol. The number of carbonyl (C=O) groups is 2. The maximum atomic E-state index is 13.0. The summed E-state index contributed by atoms with van der Waals surface area (Å²) in [5, 5.41) is 0. The SMILES string of the molecule is O=C(c1ccc(C(=O)N2CCC[C@@H]3CCCC=C32)cc1)N1CCCCC1. The Labute approximate surface area is 155 Å². The van der Waals surface area contributed by atoms with Crippen LogP contribution in [0.3, 0.4) is 0 Å². The van der Waals surface area contributed by atoms with Crippen molar-refractivity contribution in [1.29, 1.82) is 0 Å². The molecule has 0 N–H and O–H groups in total. The van der Waals surface area contributed by atoms with E-state index in [4.69, 9.17) is 0 Å². The number of carbonyl (C=O) groups excluding carboxylic acids is 2. The number of fused-ring (bicyclic) bond motifs is 1. The zero-order chi connectivity index (χ0) is 17.9. The highest BCUT2D eigenvalue weighted by atomic mass is 16.2. The monoisotopic (exact) mass is 352 g/mol. The van der Waals surface area contributed by atoms with Gasteiger partial charge in [-0.15, -0.1) is 0 Å². The van der Waals surface area contributed by atoms with Crippen molar-refractivity contribution in [2.24, 2.45) is 5.92 Å². The maximum Gasteiger partial charge on any atom is 0.258 e. The molecule has 0 bridgehead atoms. The lowest BCUT2D eigenvalue weighted by atomic mass is 9.84. The number of benzene rings is 1. The molecule has 0 radical (unpaired) electrons. The highest BCUT2D eigenvalue weighted by molar-refractivity contribution is 5.98. The molecule has 2 aliphatic heterocycles. The largest absolute Gasteiger partial charge is 0.339 e. The van der Waals surface area contributed by atoms with E-state index in [9.17, 15) is 9.59 Å². The molecule has 0 unspecified atom stereocenters. The lowest BCUT2D eigenvalue weighted by Crippen LogP contribution is -2.39. The van der Waals surface area contributed by atoms with E-state index in [0.717, 1.165) is 45.3 Å². The van der Waals surface area contributed by atoms with E-state index in [1.807, 2.05) is 34.1 Å². The molecule has 1 aliphatic carbocycles. The molecule has 0 saturated carbocycles. The summed E-state index contributed by atoms with van der Waals surface area (Å²) in [5.41, 5.74) is 2.62. The Morgan fingerprint density at radius 3 is 2.15 bits per heavy atom. The molecule has 2 heterocycles. The fraction of sp³-hybridized carbons (Fsp3) is 0.545. The molecule has 4 nitrogen and oxygen atoms in total. The highest BCUT2D eigenvalue weighted by Gasteiger charge is 2.30. The Morgan fingerprint density at radius 2 is 1.42 bits per heavy atom. The van der Waals surface area contributed by atoms with Crippen LogP contribution in [-0.2, 0) is 0 Å². The lowest BCUT2D eigenvalue weighted by Gasteiger charge is -2.38. The molecule has 1 atom stereocenters. The first-order valence-electron chi connectivity index (χ1n) is 10.2. The quantitative estimate of drug-likeness (QED) is 0.799. The van der Waals surface area contributed by atoms with Gasteiger partial charge in [-0.2, -0.15) is 0 Å². The third kappa shape index (κ3) is 3.42. The molecule has 2 saturated heterocycles. The number of allylic oxidation sites excluding steroid dienone is 2. The number of piperidine rings is 2. The van der Waals surface area contributed by atoms with Crippen LogP contribution in [0.5, 0.6) is 0 Å². The van der Waals surface area contributed by atoms with Crippen LogP contribution in [0.4, 0.5) is 0 Å². The molecule has 4 heteroatoms. The van der Waals surface area contributed by atoms with Crippen LogP contribution >= 0.6 is 0 Å². The van der Waals surface area contributed by atoms with Crippen LogP contribution < -0.4 is 0 Å². The number of nitrogens with zero attached hydrogens (tertiary/aromatic N) is 2. The summed E-state index contributed by atoms with van der Waals surface area (Å²) < 4.78 is 0. The standard InChI is InChI=1S/C22H28N2O2/c25-21(23-14-4-1-5-15-23)18-10-12-19(13-11-18)22(26)24-16-6-8-17-7-2-3-9-20(17)24/h9-13,17H,1-8,14-16H2/t17-/m0/s1. The van der Waals surface area contributed by atoms with Gasteiger partial charge in [-0.25, -0.2) is 0 Å². The van der Waals surface area contributed by atoms with Gasteiger partial charge in [0, 0.05) is 36.5 Å². The zero-order valence-corrected chi connectivity index (χ0v) is 15.5. The average Bonchev–Trinajstić information content (AvgIpc) is 2.73. The van der Waals surface area contributed by atoms with E-state index in [1.54, 1.807) is 0 Å². The number of likely N-dealkylation sites (tertiary alicyclic amines) is 2. The van der Waals surface area contributed by atoms with Crippen LogP contribution in [0, 0.1) is 5.92 Å². The fourth-order valence-electron chi connectivity index (χ4n) is 4.59. The van der Waals surface area contributed by atoms with Gasteiger partial charge < -0.3 is 9.80 Å². The summed E-state index contributed by atoms with van der Waals surface area (Å²) in [6.45, 7) is 2.52. The molecule has 0 spiro atoms. The second kappa shape index (κ2) is 7.65. The molecule has 0 aromatic heterocycles. The molecular formula is C22H28N2O2. The van der Waals surface area contributed by atoms with Crippen LogP contribution in [0.1, 0.15) is 72.1 Å². The van der Waals surface area contributed by atoms with Crippen LogP contribution in [0.25, 0.3) is 0 Å². The first-order valence-corrected chi connectivity index (χ1v) is 10.2. The second-order valence-electron chi connectivity index (χ2n) is 7.79. The van der Waals surface area contributed by atoms with E-state index < -0.39 is 0 Å². The van der Waals surface area contributed by atoms with E-state index in [-0.39, 0.29) is 11.8 Å². The molecule has 26 heavy (non-hydrogen) atoms. The van der Waals surface area contributed by atoms with Crippen LogP contribution in [0.2, 0.25) is 0 Å². The second-order valence-corrected chi connectivity index (χ2v) is 7.79. The minimum atomic E-state index is 0.0832. The number of hydrogen-bond acceptors (Lipinski definition) is 2. The van der Waals surface area contributed by atoms with E-state index in [0.29, 0.717) is 17.0 Å². The van der Waals surface area contributed by atoms with Crippen molar-refractivity contribution in [3.63, 3.8) is 0 Å². The van der Waals surface area contributed by atoms with Crippen molar-refractivity contribution in [3.05, 3.63) is 47.2 Å². The van der Waals surface area contributed by atoms with Gasteiger partial charge in [0.05, 0.1) is 0 Å². The third-order valence-electron chi connectivity index (χ3n) is 6.04. The van der Waals surface area contributed by atoms with Crippen molar-refractivity contribution in [2.45, 2.75) is 51.4 Å². The Bertz CT molecular complexity index is 701. The van der Waals surface area contributed by atoms with Gasteiger partial charge in [0.25, 0.3) is 11.8 Å². The van der Waals surface area contributed by atoms with Gasteiger partial charge >= 0.3 is 0 Å². The minimum absolute atomic E-state index is 0.0832. The van der Waals surface area contributed by atoms with Crippen LogP contribution in [0.15, 0.2) is 36.0 Å². The van der Waals surface area contributed by atoms with E-state index in [2.05, 4.69) is 6.08 Å². The summed E-state index contributed by atoms with van der Waals surface area (Å²) in [7, 11) is 0. The normalized spacial score (nSPS) is 23.2. The number of amides is 2. The molecule has 2 fully saturated rings. The van der Waals surface area contributed by atoms with Crippen LogP contribution in [-0.4, -0.2) is 41.2 Å². The Morgan fingerprint density at radius 1 is 0.769 bits per heavy atom. The summed E-state index contributed by atoms with van der Waals surface area (Å²) in [6, 6.07) is 7.29. The summed E-state index contributed by atoms with van der Waals surface area (Å²) in [6.07, 6.45) is 11.5. The summed E-state index contributed by atoms with van der Waals surface area (Å²) in [5.74, 6) is 0.734. The Balaban J connectivity index is 1.48. The van der Waals surface area contributed by atoms with Crippen molar-refractivity contribution < 1.29 is 9.59 Å². The van der Waals surface area contributed by atoms with Crippen molar-refractivity contribution >= 4 is 11.8 Å². The zero-order valence-electron chi connectivity index (χ0n) is 15.5. The Hall–Kier alpha value is -2.10. The molecule has 1 aromatic carbocycles. The predicted octanol–water partition coefficient (Wildman–Crippen LogP) is 4.23. The Kier molecular flexibility index (Phi) is 5.09. The van der Waals surface area contributed by atoms with Gasteiger partial charge in [0.1, 0.15) is 0 Å². The van der Waals surface area contributed by atoms with Gasteiger partial charge in [-0.3, -0.25) is 9.59 Å². The van der Waals surface area contributed by atoms with Gasteiger partial charge in [-0.1, -0.05) is 6.08 Å². The van der Waals surface area contributed by atoms with Gasteiger partial charge in [0.15, 0.2) is 0 Å². The molecule has 4 rings (SSSR count).